The van der Waals surface area contributed by atoms with E-state index in [0.717, 1.165) is 31.8 Å². The van der Waals surface area contributed by atoms with Crippen LogP contribution in [0, 0.1) is 5.92 Å². The highest BCUT2D eigenvalue weighted by Gasteiger charge is 2.49. The minimum Gasteiger partial charge on any atom is -0.366 e. The molecule has 2 heteroatoms. The van der Waals surface area contributed by atoms with Gasteiger partial charge in [-0.15, -0.1) is 0 Å². The van der Waals surface area contributed by atoms with Crippen LogP contribution < -0.4 is 5.32 Å². The van der Waals surface area contributed by atoms with Gasteiger partial charge in [0, 0.05) is 13.1 Å². The van der Waals surface area contributed by atoms with Gasteiger partial charge in [0.2, 0.25) is 0 Å². The Bertz CT molecular complexity index is 225. The first-order chi connectivity index (χ1) is 7.16. The Kier molecular flexibility index (Phi) is 3.09. The molecule has 1 aliphatic heterocycles. The van der Waals surface area contributed by atoms with Crippen LogP contribution in [0.5, 0.6) is 0 Å². The zero-order valence-electron chi connectivity index (χ0n) is 10.4. The summed E-state index contributed by atoms with van der Waals surface area (Å²) in [7, 11) is 0. The fraction of sp³-hybridized carbons (Fsp3) is 1.00. The van der Waals surface area contributed by atoms with Crippen LogP contribution in [0.15, 0.2) is 0 Å². The van der Waals surface area contributed by atoms with E-state index < -0.39 is 0 Å². The van der Waals surface area contributed by atoms with Gasteiger partial charge in [0.05, 0.1) is 11.2 Å². The third kappa shape index (κ3) is 1.83. The van der Waals surface area contributed by atoms with Crippen molar-refractivity contribution in [1.82, 2.24) is 5.32 Å². The Morgan fingerprint density at radius 3 is 2.53 bits per heavy atom. The summed E-state index contributed by atoms with van der Waals surface area (Å²) in [6, 6.07) is 0. The van der Waals surface area contributed by atoms with Gasteiger partial charge in [-0.1, -0.05) is 27.2 Å². The normalized spacial score (nSPS) is 39.8. The van der Waals surface area contributed by atoms with Crippen LogP contribution >= 0.6 is 0 Å². The second-order valence-electron chi connectivity index (χ2n) is 5.45. The molecule has 15 heavy (non-hydrogen) atoms. The van der Waals surface area contributed by atoms with Crippen molar-refractivity contribution in [2.24, 2.45) is 5.92 Å². The Morgan fingerprint density at radius 1 is 1.27 bits per heavy atom. The van der Waals surface area contributed by atoms with Crippen molar-refractivity contribution in [3.05, 3.63) is 0 Å². The lowest BCUT2D eigenvalue weighted by molar-refractivity contribution is -0.194. The average Bonchev–Trinajstić information content (AvgIpc) is 2.60. The summed E-state index contributed by atoms with van der Waals surface area (Å²) in [6.07, 6.45) is 6.19. The van der Waals surface area contributed by atoms with Gasteiger partial charge in [0.15, 0.2) is 0 Å². The molecule has 1 heterocycles. The maximum Gasteiger partial charge on any atom is 0.0839 e. The largest absolute Gasteiger partial charge is 0.366 e. The molecule has 2 rings (SSSR count). The van der Waals surface area contributed by atoms with E-state index in [2.05, 4.69) is 26.1 Å². The fourth-order valence-corrected chi connectivity index (χ4v) is 3.28. The molecular weight excluding hydrogens is 186 g/mol. The number of morpholine rings is 1. The number of hydrogen-bond acceptors (Lipinski definition) is 2. The summed E-state index contributed by atoms with van der Waals surface area (Å²) in [4.78, 5) is 0. The molecule has 2 atom stereocenters. The van der Waals surface area contributed by atoms with Crippen molar-refractivity contribution in [1.29, 1.82) is 0 Å². The molecule has 0 aromatic rings. The molecule has 2 nitrogen and oxygen atoms in total. The van der Waals surface area contributed by atoms with Crippen LogP contribution in [0.2, 0.25) is 0 Å². The summed E-state index contributed by atoms with van der Waals surface area (Å²) < 4.78 is 6.57. The van der Waals surface area contributed by atoms with Crippen LogP contribution in [0.25, 0.3) is 0 Å². The molecule has 2 unspecified atom stereocenters. The molecule has 0 radical (unpaired) electrons. The first kappa shape index (κ1) is 11.4. The monoisotopic (exact) mass is 211 g/mol. The van der Waals surface area contributed by atoms with E-state index in [4.69, 9.17) is 4.74 Å². The molecule has 0 aromatic carbocycles. The van der Waals surface area contributed by atoms with Crippen LogP contribution in [0.4, 0.5) is 0 Å². The smallest absolute Gasteiger partial charge is 0.0839 e. The third-order valence-electron chi connectivity index (χ3n) is 4.72. The summed E-state index contributed by atoms with van der Waals surface area (Å²) in [5.74, 6) is 0.725. The molecule has 2 aliphatic rings. The molecule has 0 amide bonds. The van der Waals surface area contributed by atoms with E-state index in [9.17, 15) is 0 Å². The van der Waals surface area contributed by atoms with Gasteiger partial charge >= 0.3 is 0 Å². The van der Waals surface area contributed by atoms with E-state index in [-0.39, 0.29) is 11.2 Å². The zero-order valence-corrected chi connectivity index (χ0v) is 10.4. The molecule has 0 aromatic heterocycles. The highest BCUT2D eigenvalue weighted by molar-refractivity contribution is 5.01. The first-order valence-electron chi connectivity index (χ1n) is 6.57. The van der Waals surface area contributed by atoms with Gasteiger partial charge in [-0.2, -0.15) is 0 Å². The van der Waals surface area contributed by atoms with Crippen molar-refractivity contribution >= 4 is 0 Å². The van der Waals surface area contributed by atoms with Gasteiger partial charge in [0.25, 0.3) is 0 Å². The molecule has 0 bridgehead atoms. The number of rotatable bonds is 2. The summed E-state index contributed by atoms with van der Waals surface area (Å²) in [6.45, 7) is 8.97. The lowest BCUT2D eigenvalue weighted by Gasteiger charge is -2.49. The minimum absolute atomic E-state index is 0.108. The Hall–Kier alpha value is -0.0800. The van der Waals surface area contributed by atoms with Gasteiger partial charge in [-0.3, -0.25) is 0 Å². The van der Waals surface area contributed by atoms with Crippen LogP contribution in [-0.2, 0) is 4.74 Å². The average molecular weight is 211 g/mol. The predicted molar refractivity (Wildman–Crippen MR) is 63.0 cm³/mol. The fourth-order valence-electron chi connectivity index (χ4n) is 3.28. The number of ether oxygens (including phenoxy) is 1. The lowest BCUT2D eigenvalue weighted by atomic mass is 9.85. The molecule has 88 valence electrons. The van der Waals surface area contributed by atoms with Crippen molar-refractivity contribution in [3.8, 4) is 0 Å². The van der Waals surface area contributed by atoms with E-state index in [1.807, 2.05) is 0 Å². The molecular formula is C13H25NO. The van der Waals surface area contributed by atoms with Crippen molar-refractivity contribution < 1.29 is 4.74 Å². The van der Waals surface area contributed by atoms with Crippen molar-refractivity contribution in [3.63, 3.8) is 0 Å². The Balaban J connectivity index is 2.15. The van der Waals surface area contributed by atoms with E-state index in [1.165, 1.54) is 19.3 Å². The topological polar surface area (TPSA) is 21.3 Å². The predicted octanol–water partition coefficient (Wildman–Crippen LogP) is 2.72. The molecule has 1 saturated carbocycles. The Morgan fingerprint density at radius 2 is 2.00 bits per heavy atom. The SMILES string of the molecule is CCC1(CC)CNCC2(CCCC2C)O1. The van der Waals surface area contributed by atoms with Gasteiger partial charge < -0.3 is 10.1 Å². The number of nitrogens with one attached hydrogen (secondary N) is 1. The minimum atomic E-state index is 0.108. The zero-order chi connectivity index (χ0) is 10.9. The van der Waals surface area contributed by atoms with E-state index in [1.54, 1.807) is 0 Å². The standard InChI is InChI=1S/C13H25NO/c1-4-12(5-2)9-14-10-13(15-12)8-6-7-11(13)3/h11,14H,4-10H2,1-3H3. The second kappa shape index (κ2) is 4.06. The highest BCUT2D eigenvalue weighted by atomic mass is 16.5. The van der Waals surface area contributed by atoms with E-state index in [0.29, 0.717) is 0 Å². The molecule has 2 fully saturated rings. The third-order valence-corrected chi connectivity index (χ3v) is 4.72. The maximum absolute atomic E-state index is 6.57. The number of hydrogen-bond donors (Lipinski definition) is 1. The summed E-state index contributed by atoms with van der Waals surface area (Å²) >= 11 is 0. The van der Waals surface area contributed by atoms with Crippen molar-refractivity contribution in [2.45, 2.75) is 64.1 Å². The molecule has 1 N–H and O–H groups in total. The van der Waals surface area contributed by atoms with Crippen LogP contribution in [0.3, 0.4) is 0 Å². The molecule has 1 aliphatic carbocycles. The van der Waals surface area contributed by atoms with Crippen LogP contribution in [-0.4, -0.2) is 24.3 Å². The van der Waals surface area contributed by atoms with Gasteiger partial charge in [0.1, 0.15) is 0 Å². The summed E-state index contributed by atoms with van der Waals surface area (Å²) in [5.41, 5.74) is 0.265. The lowest BCUT2D eigenvalue weighted by Crippen LogP contribution is -2.61. The quantitative estimate of drug-likeness (QED) is 0.758. The molecule has 1 spiro atoms. The molecule has 1 saturated heterocycles. The van der Waals surface area contributed by atoms with E-state index >= 15 is 0 Å². The highest BCUT2D eigenvalue weighted by Crippen LogP contribution is 2.44. The second-order valence-corrected chi connectivity index (χ2v) is 5.45. The first-order valence-corrected chi connectivity index (χ1v) is 6.57. The Labute approximate surface area is 93.8 Å². The van der Waals surface area contributed by atoms with Gasteiger partial charge in [-0.25, -0.2) is 0 Å². The summed E-state index contributed by atoms with van der Waals surface area (Å²) in [5, 5.41) is 3.62. The van der Waals surface area contributed by atoms with Crippen molar-refractivity contribution in [2.75, 3.05) is 13.1 Å². The van der Waals surface area contributed by atoms with Crippen LogP contribution in [0.1, 0.15) is 52.9 Å². The maximum atomic E-state index is 6.57. The van der Waals surface area contributed by atoms with Gasteiger partial charge in [-0.05, 0) is 31.6 Å².